The van der Waals surface area contributed by atoms with Crippen LogP contribution in [0.3, 0.4) is 0 Å². The number of nitrogens with one attached hydrogen (secondary N) is 1. The van der Waals surface area contributed by atoms with E-state index in [-0.39, 0.29) is 6.04 Å². The van der Waals surface area contributed by atoms with Crippen LogP contribution in [-0.2, 0) is 6.18 Å². The number of piperazine rings is 1. The van der Waals surface area contributed by atoms with Crippen molar-refractivity contribution in [3.8, 4) is 0 Å². The molecule has 0 unspecified atom stereocenters. The zero-order valence-electron chi connectivity index (χ0n) is 12.5. The average Bonchev–Trinajstić information content (AvgIpc) is 2.45. The summed E-state index contributed by atoms with van der Waals surface area (Å²) in [6.07, 6.45) is -3.67. The zero-order chi connectivity index (χ0) is 16.3. The van der Waals surface area contributed by atoms with E-state index in [9.17, 15) is 13.2 Å². The van der Waals surface area contributed by atoms with Gasteiger partial charge in [-0.2, -0.15) is 13.2 Å². The first-order valence-electron chi connectivity index (χ1n) is 7.25. The molecule has 0 aromatic heterocycles. The molecule has 2 nitrogen and oxygen atoms in total. The third-order valence-electron chi connectivity index (χ3n) is 3.82. The van der Waals surface area contributed by atoms with Crippen molar-refractivity contribution >= 4 is 15.9 Å². The van der Waals surface area contributed by atoms with Crippen LogP contribution >= 0.6 is 15.9 Å². The largest absolute Gasteiger partial charge is 0.416 e. The van der Waals surface area contributed by atoms with Crippen molar-refractivity contribution in [2.75, 3.05) is 26.2 Å². The van der Waals surface area contributed by atoms with Gasteiger partial charge in [0.15, 0.2) is 0 Å². The van der Waals surface area contributed by atoms with Gasteiger partial charge in [-0.15, -0.1) is 6.58 Å². The summed E-state index contributed by atoms with van der Waals surface area (Å²) in [5.74, 6) is 0. The molecule has 1 saturated heterocycles. The van der Waals surface area contributed by atoms with E-state index in [1.807, 2.05) is 6.92 Å². The number of nitrogens with zero attached hydrogens (tertiary/aromatic N) is 1. The number of benzene rings is 1. The van der Waals surface area contributed by atoms with E-state index in [4.69, 9.17) is 0 Å². The molecule has 1 aliphatic rings. The van der Waals surface area contributed by atoms with Crippen molar-refractivity contribution in [1.82, 2.24) is 10.2 Å². The molecule has 0 aliphatic carbocycles. The van der Waals surface area contributed by atoms with E-state index in [1.165, 1.54) is 12.1 Å². The third-order valence-corrected chi connectivity index (χ3v) is 4.54. The molecular weight excluding hydrogens is 357 g/mol. The van der Waals surface area contributed by atoms with Gasteiger partial charge in [0.2, 0.25) is 0 Å². The first-order chi connectivity index (χ1) is 10.3. The molecule has 0 spiro atoms. The summed E-state index contributed by atoms with van der Waals surface area (Å²) in [6.45, 7) is 9.19. The van der Waals surface area contributed by atoms with Crippen LogP contribution in [0.4, 0.5) is 13.2 Å². The van der Waals surface area contributed by atoms with Crippen LogP contribution in [0.2, 0.25) is 0 Å². The van der Waals surface area contributed by atoms with Gasteiger partial charge in [-0.1, -0.05) is 21.5 Å². The minimum Gasteiger partial charge on any atom is -0.314 e. The second-order valence-corrected chi connectivity index (χ2v) is 6.55. The Morgan fingerprint density at radius 3 is 2.55 bits per heavy atom. The van der Waals surface area contributed by atoms with Crippen LogP contribution in [0.5, 0.6) is 0 Å². The van der Waals surface area contributed by atoms with Gasteiger partial charge in [0.25, 0.3) is 0 Å². The fourth-order valence-corrected chi connectivity index (χ4v) is 3.25. The van der Waals surface area contributed by atoms with E-state index >= 15 is 0 Å². The van der Waals surface area contributed by atoms with Gasteiger partial charge in [-0.3, -0.25) is 4.90 Å². The second-order valence-electron chi connectivity index (χ2n) is 5.70. The van der Waals surface area contributed by atoms with Crippen LogP contribution in [0, 0.1) is 0 Å². The van der Waals surface area contributed by atoms with Crippen LogP contribution in [0.25, 0.3) is 0 Å². The van der Waals surface area contributed by atoms with Crippen LogP contribution < -0.4 is 5.32 Å². The van der Waals surface area contributed by atoms with E-state index in [2.05, 4.69) is 32.7 Å². The molecule has 2 rings (SSSR count). The summed E-state index contributed by atoms with van der Waals surface area (Å²) in [7, 11) is 0. The Hall–Kier alpha value is -0.850. The van der Waals surface area contributed by atoms with Gasteiger partial charge in [0.1, 0.15) is 0 Å². The maximum absolute atomic E-state index is 13.0. The molecule has 0 amide bonds. The van der Waals surface area contributed by atoms with E-state index in [1.54, 1.807) is 0 Å². The van der Waals surface area contributed by atoms with Crippen molar-refractivity contribution in [2.24, 2.45) is 0 Å². The summed E-state index contributed by atoms with van der Waals surface area (Å²) in [4.78, 5) is 2.23. The number of halogens is 4. The number of hydrogen-bond donors (Lipinski definition) is 1. The van der Waals surface area contributed by atoms with E-state index in [0.29, 0.717) is 16.5 Å². The first kappa shape index (κ1) is 17.5. The summed E-state index contributed by atoms with van der Waals surface area (Å²) < 4.78 is 39.7. The van der Waals surface area contributed by atoms with E-state index < -0.39 is 11.7 Å². The average molecular weight is 377 g/mol. The highest BCUT2D eigenvalue weighted by Crippen LogP contribution is 2.37. The molecule has 1 aromatic carbocycles. The van der Waals surface area contributed by atoms with Crippen molar-refractivity contribution in [3.05, 3.63) is 46.0 Å². The van der Waals surface area contributed by atoms with Crippen molar-refractivity contribution < 1.29 is 13.2 Å². The summed E-state index contributed by atoms with van der Waals surface area (Å²) in [6, 6.07) is 3.78. The van der Waals surface area contributed by atoms with Gasteiger partial charge in [0.05, 0.1) is 5.56 Å². The highest BCUT2D eigenvalue weighted by atomic mass is 79.9. The summed E-state index contributed by atoms with van der Waals surface area (Å²) in [5, 5.41) is 3.27. The lowest BCUT2D eigenvalue weighted by atomic mass is 9.96. The van der Waals surface area contributed by atoms with Gasteiger partial charge in [-0.25, -0.2) is 0 Å². The number of hydrogen-bond acceptors (Lipinski definition) is 2. The Kier molecular flexibility index (Phi) is 5.69. The topological polar surface area (TPSA) is 15.3 Å². The molecule has 0 bridgehead atoms. The number of rotatable bonds is 4. The first-order valence-corrected chi connectivity index (χ1v) is 8.04. The summed E-state index contributed by atoms with van der Waals surface area (Å²) >= 11 is 3.42. The highest BCUT2D eigenvalue weighted by Gasteiger charge is 2.32. The highest BCUT2D eigenvalue weighted by molar-refractivity contribution is 9.10. The minimum atomic E-state index is -4.33. The third kappa shape index (κ3) is 4.33. The molecule has 1 aliphatic heterocycles. The molecule has 1 N–H and O–H groups in total. The monoisotopic (exact) mass is 376 g/mol. The predicted molar refractivity (Wildman–Crippen MR) is 85.8 cm³/mol. The smallest absolute Gasteiger partial charge is 0.314 e. The molecule has 0 saturated carbocycles. The molecule has 122 valence electrons. The molecule has 1 atom stereocenters. The second kappa shape index (κ2) is 7.15. The van der Waals surface area contributed by atoms with Gasteiger partial charge < -0.3 is 5.32 Å². The van der Waals surface area contributed by atoms with Gasteiger partial charge >= 0.3 is 6.18 Å². The Morgan fingerprint density at radius 2 is 2.00 bits per heavy atom. The number of alkyl halides is 3. The molecule has 1 aromatic rings. The van der Waals surface area contributed by atoms with Crippen molar-refractivity contribution in [1.29, 1.82) is 0 Å². The fraction of sp³-hybridized carbons (Fsp3) is 0.500. The SMILES string of the molecule is C=C(C)C[C@H](c1cc(C(F)(F)F)ccc1Br)N1CCNCC1. The molecular formula is C16H20BrF3N2. The molecule has 1 heterocycles. The quantitative estimate of drug-likeness (QED) is 0.784. The Morgan fingerprint density at radius 1 is 1.36 bits per heavy atom. The normalized spacial score (nSPS) is 18.2. The van der Waals surface area contributed by atoms with Crippen molar-refractivity contribution in [2.45, 2.75) is 25.6 Å². The summed E-state index contributed by atoms with van der Waals surface area (Å²) in [5.41, 5.74) is 1.04. The Balaban J connectivity index is 2.39. The maximum Gasteiger partial charge on any atom is 0.416 e. The lowest BCUT2D eigenvalue weighted by Gasteiger charge is -2.36. The molecule has 0 radical (unpaired) electrons. The van der Waals surface area contributed by atoms with Gasteiger partial charge in [-0.05, 0) is 37.1 Å². The van der Waals surface area contributed by atoms with E-state index in [0.717, 1.165) is 37.8 Å². The maximum atomic E-state index is 13.0. The molecule has 1 fully saturated rings. The Bertz CT molecular complexity index is 537. The lowest BCUT2D eigenvalue weighted by Crippen LogP contribution is -2.45. The molecule has 22 heavy (non-hydrogen) atoms. The predicted octanol–water partition coefficient (Wildman–Crippen LogP) is 4.38. The van der Waals surface area contributed by atoms with Crippen LogP contribution in [0.1, 0.15) is 30.5 Å². The van der Waals surface area contributed by atoms with Gasteiger partial charge in [0, 0.05) is 36.7 Å². The fourth-order valence-electron chi connectivity index (χ4n) is 2.74. The zero-order valence-corrected chi connectivity index (χ0v) is 14.1. The lowest BCUT2D eigenvalue weighted by molar-refractivity contribution is -0.137. The van der Waals surface area contributed by atoms with Crippen molar-refractivity contribution in [3.63, 3.8) is 0 Å². The van der Waals surface area contributed by atoms with Crippen LogP contribution in [0.15, 0.2) is 34.8 Å². The standard InChI is InChI=1S/C16H20BrF3N2/c1-11(2)9-15(22-7-5-21-6-8-22)13-10-12(16(18,19)20)3-4-14(13)17/h3-4,10,15,21H,1,5-9H2,2H3/t15-/m1/s1. The minimum absolute atomic E-state index is 0.0868. The van der Waals surface area contributed by atoms with Crippen LogP contribution in [-0.4, -0.2) is 31.1 Å². The molecule has 6 heteroatoms. The Labute approximate surface area is 137 Å².